The Labute approximate surface area is 421 Å². The van der Waals surface area contributed by atoms with Crippen LogP contribution in [-0.2, 0) is 61.1 Å². The average Bonchev–Trinajstić information content (AvgIpc) is 3.38. The maximum absolute atomic E-state index is 15.0. The number of carbonyl (C=O) groups excluding carboxylic acids is 6. The fourth-order valence-electron chi connectivity index (χ4n) is 8.97. The molecule has 6 bridgehead atoms. The topological polar surface area (TPSA) is 179 Å². The molecule has 72 heavy (non-hydrogen) atoms. The number of ether oxygens (including phenoxy) is 3. The number of hydrogen-bond acceptors (Lipinski definition) is 10. The van der Waals surface area contributed by atoms with E-state index in [4.69, 9.17) is 14.2 Å². The summed E-state index contributed by atoms with van der Waals surface area (Å²) in [7, 11) is 5.98. The van der Waals surface area contributed by atoms with Crippen LogP contribution in [0.25, 0.3) is 0 Å². The number of likely N-dealkylation sites (N-methyl/N-ethyl adjacent to an activating group) is 3. The van der Waals surface area contributed by atoms with E-state index in [2.05, 4.69) is 45.1 Å². The summed E-state index contributed by atoms with van der Waals surface area (Å²) in [5, 5.41) is 8.27. The van der Waals surface area contributed by atoms with Crippen LogP contribution in [0.4, 0.5) is 0 Å². The molecule has 5 aromatic rings. The third kappa shape index (κ3) is 13.2. The van der Waals surface area contributed by atoms with Gasteiger partial charge in [-0.05, 0) is 85.0 Å². The molecule has 16 nitrogen and oxygen atoms in total. The Morgan fingerprint density at radius 1 is 0.569 bits per heavy atom. The smallest absolute Gasteiger partial charge is 0.246 e. The Kier molecular flexibility index (Phi) is 17.3. The van der Waals surface area contributed by atoms with Crippen LogP contribution >= 0.6 is 0 Å². The van der Waals surface area contributed by atoms with Crippen LogP contribution in [0, 0.1) is 0 Å². The fraction of sp³-hybridized carbons (Fsp3) is 0.357. The summed E-state index contributed by atoms with van der Waals surface area (Å²) in [4.78, 5) is 92.2. The molecule has 16 heteroatoms. The molecule has 6 atom stereocenters. The quantitative estimate of drug-likeness (QED) is 0.165. The van der Waals surface area contributed by atoms with E-state index in [9.17, 15) is 24.0 Å². The summed E-state index contributed by atoms with van der Waals surface area (Å²) >= 11 is 0. The Balaban J connectivity index is 1.19. The minimum absolute atomic E-state index is 0.0231. The standard InChI is InChI=1S/C56H65N7O9/c1-36-51(64)58-37(2)54(67)60(4)46(30-39-18-23-44(70-7)24-19-39)53(66)59-38(3)55(68)62(6)48-31-40-20-25-45(26-21-40)72-50-33-43(32-47(52(65)57-36)61(5)56(48)69)22-27-49(50)71-29-28-63(34-41-14-10-8-11-15-41)35-42-16-12-9-13-17-42/h8-27,33,36-38,46-48H,28-32,34-35H2,1-7H3,(H,57,65)(H,58,64)(H,59,66)/t36-,37-,38-,46-,47-,48-/m0/s1. The molecule has 0 saturated carbocycles. The molecule has 3 heterocycles. The average molecular weight is 980 g/mol. The SMILES string of the molecule is COc1ccc(C[C@H]2C(=O)N[C@@H](C)C(=O)N(C)[C@H]3Cc4ccc(cc4)Oc4cc(ccc4OCCN(Cc4ccccc4)Cc4ccccc4)C[C@@H](C(=O)N[C@@H](C)C(=O)N[C@@H](C)C(=O)N2C)N(C)C3=O)cc1. The second-order valence-electron chi connectivity index (χ2n) is 18.6. The third-order valence-corrected chi connectivity index (χ3v) is 13.3. The van der Waals surface area contributed by atoms with E-state index in [0.29, 0.717) is 65.9 Å². The monoisotopic (exact) mass is 979 g/mol. The molecule has 378 valence electrons. The van der Waals surface area contributed by atoms with Crippen molar-refractivity contribution in [3.8, 4) is 23.0 Å². The number of benzene rings is 5. The molecule has 3 N–H and O–H groups in total. The van der Waals surface area contributed by atoms with Gasteiger partial charge in [0.25, 0.3) is 0 Å². The van der Waals surface area contributed by atoms with Crippen LogP contribution in [0.2, 0.25) is 0 Å². The van der Waals surface area contributed by atoms with Crippen molar-refractivity contribution >= 4 is 35.4 Å². The molecule has 3 aliphatic heterocycles. The fourth-order valence-corrected chi connectivity index (χ4v) is 8.97. The lowest BCUT2D eigenvalue weighted by atomic mass is 9.98. The van der Waals surface area contributed by atoms with Gasteiger partial charge in [0, 0.05) is 60.0 Å². The molecule has 0 aliphatic carbocycles. The number of amides is 6. The van der Waals surface area contributed by atoms with E-state index in [1.165, 1.54) is 74.9 Å². The molecule has 3 aliphatic rings. The zero-order valence-corrected chi connectivity index (χ0v) is 42.0. The molecule has 1 fully saturated rings. The summed E-state index contributed by atoms with van der Waals surface area (Å²) in [5.41, 5.74) is 4.36. The first kappa shape index (κ1) is 52.1. The van der Waals surface area contributed by atoms with Gasteiger partial charge in [0.2, 0.25) is 35.4 Å². The highest BCUT2D eigenvalue weighted by Gasteiger charge is 2.39. The van der Waals surface area contributed by atoms with Gasteiger partial charge in [0.1, 0.15) is 54.4 Å². The Morgan fingerprint density at radius 3 is 1.72 bits per heavy atom. The van der Waals surface area contributed by atoms with Crippen molar-refractivity contribution < 1.29 is 43.0 Å². The van der Waals surface area contributed by atoms with Gasteiger partial charge in [-0.1, -0.05) is 91.0 Å². The Hall–Kier alpha value is -7.72. The lowest BCUT2D eigenvalue weighted by Crippen LogP contribution is -2.61. The molecule has 1 saturated heterocycles. The van der Waals surface area contributed by atoms with Crippen molar-refractivity contribution in [1.29, 1.82) is 0 Å². The number of fused-ring (bicyclic) bond motifs is 2. The van der Waals surface area contributed by atoms with Crippen LogP contribution in [0.15, 0.2) is 127 Å². The number of hydrogen-bond donors (Lipinski definition) is 3. The highest BCUT2D eigenvalue weighted by Crippen LogP contribution is 2.34. The molecule has 0 radical (unpaired) electrons. The van der Waals surface area contributed by atoms with Crippen LogP contribution in [0.5, 0.6) is 23.0 Å². The molecule has 8 rings (SSSR count). The molecule has 0 unspecified atom stereocenters. The van der Waals surface area contributed by atoms with Gasteiger partial charge in [0.15, 0.2) is 11.5 Å². The molecule has 6 amide bonds. The molecule has 0 aromatic heterocycles. The highest BCUT2D eigenvalue weighted by molar-refractivity contribution is 5.98. The van der Waals surface area contributed by atoms with E-state index in [1.807, 2.05) is 36.4 Å². The summed E-state index contributed by atoms with van der Waals surface area (Å²) in [5.74, 6) is -1.66. The maximum atomic E-state index is 15.0. The van der Waals surface area contributed by atoms with Crippen LogP contribution < -0.4 is 30.2 Å². The zero-order chi connectivity index (χ0) is 51.5. The van der Waals surface area contributed by atoms with Crippen molar-refractivity contribution in [2.75, 3.05) is 41.4 Å². The molecule has 5 aromatic carbocycles. The van der Waals surface area contributed by atoms with Crippen LogP contribution in [0.1, 0.15) is 48.6 Å². The van der Waals surface area contributed by atoms with E-state index in [-0.39, 0.29) is 19.3 Å². The minimum atomic E-state index is -1.20. The number of methoxy groups -OCH3 is 1. The number of carbonyl (C=O) groups is 6. The van der Waals surface area contributed by atoms with Crippen LogP contribution in [-0.4, -0.2) is 133 Å². The summed E-state index contributed by atoms with van der Waals surface area (Å²) in [6, 6.07) is 33.2. The summed E-state index contributed by atoms with van der Waals surface area (Å²) in [6.45, 7) is 6.84. The number of rotatable bonds is 11. The van der Waals surface area contributed by atoms with Gasteiger partial charge < -0.3 is 44.9 Å². The van der Waals surface area contributed by atoms with Gasteiger partial charge in [-0.15, -0.1) is 0 Å². The van der Waals surface area contributed by atoms with Crippen molar-refractivity contribution in [3.05, 3.63) is 155 Å². The van der Waals surface area contributed by atoms with Gasteiger partial charge in [-0.3, -0.25) is 33.7 Å². The number of nitrogens with one attached hydrogen (secondary N) is 3. The first-order valence-corrected chi connectivity index (χ1v) is 24.2. The molecular formula is C56H65N7O9. The van der Waals surface area contributed by atoms with Gasteiger partial charge in [-0.2, -0.15) is 0 Å². The second-order valence-corrected chi connectivity index (χ2v) is 18.6. The minimum Gasteiger partial charge on any atom is -0.497 e. The number of nitrogens with zero attached hydrogens (tertiary/aromatic N) is 4. The van der Waals surface area contributed by atoms with Gasteiger partial charge in [0.05, 0.1) is 7.11 Å². The zero-order valence-electron chi connectivity index (χ0n) is 42.0. The van der Waals surface area contributed by atoms with E-state index < -0.39 is 71.7 Å². The third-order valence-electron chi connectivity index (χ3n) is 13.3. The maximum Gasteiger partial charge on any atom is 0.246 e. The van der Waals surface area contributed by atoms with E-state index in [0.717, 1.165) is 0 Å². The van der Waals surface area contributed by atoms with Crippen molar-refractivity contribution in [3.63, 3.8) is 0 Å². The predicted octanol–water partition coefficient (Wildman–Crippen LogP) is 4.92. The van der Waals surface area contributed by atoms with Crippen LogP contribution in [0.3, 0.4) is 0 Å². The normalized spacial score (nSPS) is 21.5. The van der Waals surface area contributed by atoms with Crippen molar-refractivity contribution in [1.82, 2.24) is 35.6 Å². The molecule has 0 spiro atoms. The summed E-state index contributed by atoms with van der Waals surface area (Å²) in [6.07, 6.45) is 0.0802. The van der Waals surface area contributed by atoms with Crippen molar-refractivity contribution in [2.45, 2.75) is 89.4 Å². The first-order chi connectivity index (χ1) is 34.6. The largest absolute Gasteiger partial charge is 0.497 e. The second kappa shape index (κ2) is 23.9. The lowest BCUT2D eigenvalue weighted by Gasteiger charge is -2.36. The van der Waals surface area contributed by atoms with E-state index >= 15 is 4.79 Å². The molecular weight excluding hydrogens is 915 g/mol. The summed E-state index contributed by atoms with van der Waals surface area (Å²) < 4.78 is 18.3. The Morgan fingerprint density at radius 2 is 1.11 bits per heavy atom. The predicted molar refractivity (Wildman–Crippen MR) is 272 cm³/mol. The van der Waals surface area contributed by atoms with Gasteiger partial charge in [-0.25, -0.2) is 0 Å². The lowest BCUT2D eigenvalue weighted by molar-refractivity contribution is -0.149. The first-order valence-electron chi connectivity index (χ1n) is 24.2. The highest BCUT2D eigenvalue weighted by atomic mass is 16.5. The Bertz CT molecular complexity index is 2650. The van der Waals surface area contributed by atoms with Crippen molar-refractivity contribution in [2.24, 2.45) is 0 Å². The van der Waals surface area contributed by atoms with Gasteiger partial charge >= 0.3 is 0 Å². The van der Waals surface area contributed by atoms with E-state index in [1.54, 1.807) is 66.7 Å².